The highest BCUT2D eigenvalue weighted by Crippen LogP contribution is 2.34. The average molecular weight is 495 g/mol. The van der Waals surface area contributed by atoms with Crippen molar-refractivity contribution < 1.29 is 23.1 Å². The number of carbonyl (C=O) groups excluding carboxylic acids is 1. The summed E-state index contributed by atoms with van der Waals surface area (Å²) >= 11 is 0. The van der Waals surface area contributed by atoms with E-state index >= 15 is 0 Å². The molecule has 0 bridgehead atoms. The fourth-order valence-electron chi connectivity index (χ4n) is 3.53. The van der Waals surface area contributed by atoms with E-state index < -0.39 is 22.2 Å². The van der Waals surface area contributed by atoms with Crippen LogP contribution in [0.5, 0.6) is 5.75 Å². The topological polar surface area (TPSA) is 102 Å². The van der Waals surface area contributed by atoms with E-state index in [2.05, 4.69) is 17.2 Å². The Labute approximate surface area is 204 Å². The van der Waals surface area contributed by atoms with Gasteiger partial charge in [0.2, 0.25) is 10.0 Å². The lowest BCUT2D eigenvalue weighted by atomic mass is 10.0. The van der Waals surface area contributed by atoms with E-state index in [1.54, 1.807) is 26.1 Å². The molecule has 1 heterocycles. The van der Waals surface area contributed by atoms with E-state index in [4.69, 9.17) is 4.74 Å². The number of aliphatic hydroxyl groups excluding tert-OH is 1. The third kappa shape index (κ3) is 7.09. The number of rotatable bonds is 6. The van der Waals surface area contributed by atoms with Gasteiger partial charge in [0, 0.05) is 37.2 Å². The summed E-state index contributed by atoms with van der Waals surface area (Å²) < 4.78 is 34.6. The van der Waals surface area contributed by atoms with Crippen LogP contribution in [0.25, 0.3) is 0 Å². The van der Waals surface area contributed by atoms with Crippen LogP contribution in [0.15, 0.2) is 23.1 Å². The Morgan fingerprint density at radius 2 is 1.97 bits per heavy atom. The molecule has 0 saturated heterocycles. The molecule has 1 aliphatic rings. The van der Waals surface area contributed by atoms with Crippen LogP contribution in [0.2, 0.25) is 0 Å². The van der Waals surface area contributed by atoms with Crippen LogP contribution in [0, 0.1) is 17.8 Å². The predicted octanol–water partition coefficient (Wildman–Crippen LogP) is 1.42. The monoisotopic (exact) mass is 494 g/mol. The zero-order chi connectivity index (χ0) is 25.6. The molecule has 34 heavy (non-hydrogen) atoms. The Balaban J connectivity index is 2.50. The second-order valence-corrected chi connectivity index (χ2v) is 11.3. The van der Waals surface area contributed by atoms with Crippen LogP contribution >= 0.6 is 0 Å². The lowest BCUT2D eigenvalue weighted by molar-refractivity contribution is 0.0809. The van der Waals surface area contributed by atoms with E-state index in [0.29, 0.717) is 12.1 Å². The van der Waals surface area contributed by atoms with Crippen molar-refractivity contribution in [3.8, 4) is 17.6 Å². The molecule has 2 amide bonds. The number of hydrogen-bond donors (Lipinski definition) is 2. The number of nitrogens with zero attached hydrogens (tertiary/aromatic N) is 3. The van der Waals surface area contributed by atoms with Gasteiger partial charge in [-0.05, 0) is 53.1 Å². The minimum Gasteiger partial charge on any atom is -0.487 e. The van der Waals surface area contributed by atoms with Crippen molar-refractivity contribution in [1.82, 2.24) is 19.4 Å². The van der Waals surface area contributed by atoms with Gasteiger partial charge in [-0.3, -0.25) is 4.90 Å². The summed E-state index contributed by atoms with van der Waals surface area (Å²) in [6.07, 6.45) is -0.476. The van der Waals surface area contributed by atoms with Crippen molar-refractivity contribution in [3.63, 3.8) is 0 Å². The highest BCUT2D eigenvalue weighted by molar-refractivity contribution is 7.89. The van der Waals surface area contributed by atoms with E-state index in [1.807, 2.05) is 39.8 Å². The highest BCUT2D eigenvalue weighted by Gasteiger charge is 2.38. The van der Waals surface area contributed by atoms with Gasteiger partial charge in [-0.2, -0.15) is 4.31 Å². The van der Waals surface area contributed by atoms with E-state index in [0.717, 1.165) is 0 Å². The van der Waals surface area contributed by atoms with Crippen LogP contribution in [0.1, 0.15) is 33.3 Å². The normalized spacial score (nSPS) is 20.9. The molecule has 0 unspecified atom stereocenters. The maximum Gasteiger partial charge on any atom is 0.317 e. The minimum atomic E-state index is -3.92. The first-order valence-corrected chi connectivity index (χ1v) is 12.9. The molecule has 1 aromatic carbocycles. The summed E-state index contributed by atoms with van der Waals surface area (Å²) in [5.41, 5.74) is 0.635. The van der Waals surface area contributed by atoms with Crippen LogP contribution in [0.4, 0.5) is 4.79 Å². The number of ether oxygens (including phenoxy) is 1. The van der Waals surface area contributed by atoms with Gasteiger partial charge in [-0.25, -0.2) is 13.2 Å². The predicted molar refractivity (Wildman–Crippen MR) is 132 cm³/mol. The minimum absolute atomic E-state index is 0.0133. The van der Waals surface area contributed by atoms with Crippen LogP contribution in [-0.2, 0) is 10.0 Å². The number of likely N-dealkylation sites (N-methyl/N-ethyl adjacent to an activating group) is 1. The summed E-state index contributed by atoms with van der Waals surface area (Å²) in [4.78, 5) is 16.0. The van der Waals surface area contributed by atoms with Gasteiger partial charge in [-0.1, -0.05) is 18.8 Å². The second kappa shape index (κ2) is 11.9. The first-order chi connectivity index (χ1) is 15.9. The molecule has 0 fully saturated rings. The summed E-state index contributed by atoms with van der Waals surface area (Å²) in [6, 6.07) is 3.94. The molecule has 9 nitrogen and oxygen atoms in total. The molecule has 3 atom stereocenters. The maximum absolute atomic E-state index is 13.5. The van der Waals surface area contributed by atoms with Crippen LogP contribution in [-0.4, -0.2) is 99.2 Å². The molecule has 0 spiro atoms. The Morgan fingerprint density at radius 1 is 1.29 bits per heavy atom. The zero-order valence-corrected chi connectivity index (χ0v) is 22.0. The number of hydrogen-bond acceptors (Lipinski definition) is 6. The number of nitrogens with one attached hydrogen (secondary N) is 1. The lowest BCUT2D eigenvalue weighted by Crippen LogP contribution is -2.51. The SMILES string of the molecule is CC(C)NC(=O)N(C)C[C@@H]1Oc2cc(C#CCN(C)C)ccc2S(=O)(=O)N([C@@H](C)CO)C[C@H]1C. The first kappa shape index (κ1) is 27.9. The molecule has 10 heteroatoms. The average Bonchev–Trinajstić information content (AvgIpc) is 2.74. The summed E-state index contributed by atoms with van der Waals surface area (Å²) in [7, 11) is 1.59. The molecular formula is C24H38N4O5S. The Bertz CT molecular complexity index is 1020. The zero-order valence-electron chi connectivity index (χ0n) is 21.2. The van der Waals surface area contributed by atoms with E-state index in [9.17, 15) is 18.3 Å². The quantitative estimate of drug-likeness (QED) is 0.580. The molecular weight excluding hydrogens is 456 g/mol. The molecule has 0 aliphatic carbocycles. The number of benzene rings is 1. The van der Waals surface area contributed by atoms with Gasteiger partial charge < -0.3 is 20.1 Å². The molecule has 0 saturated carbocycles. The van der Waals surface area contributed by atoms with E-state index in [1.165, 1.54) is 15.3 Å². The van der Waals surface area contributed by atoms with Gasteiger partial charge in [-0.15, -0.1) is 0 Å². The smallest absolute Gasteiger partial charge is 0.317 e. The molecule has 0 aromatic heterocycles. The van der Waals surface area contributed by atoms with Gasteiger partial charge in [0.05, 0.1) is 19.7 Å². The lowest BCUT2D eigenvalue weighted by Gasteiger charge is -2.37. The molecule has 2 N–H and O–H groups in total. The maximum atomic E-state index is 13.5. The van der Waals surface area contributed by atoms with Crippen molar-refractivity contribution in [2.24, 2.45) is 5.92 Å². The van der Waals surface area contributed by atoms with Gasteiger partial charge >= 0.3 is 6.03 Å². The van der Waals surface area contributed by atoms with Gasteiger partial charge in [0.25, 0.3) is 0 Å². The Kier molecular flexibility index (Phi) is 9.76. The van der Waals surface area contributed by atoms with E-state index in [-0.39, 0.29) is 48.3 Å². The summed E-state index contributed by atoms with van der Waals surface area (Å²) in [5, 5.41) is 12.6. The first-order valence-electron chi connectivity index (χ1n) is 11.5. The molecule has 0 radical (unpaired) electrons. The van der Waals surface area contributed by atoms with Crippen molar-refractivity contribution in [3.05, 3.63) is 23.8 Å². The summed E-state index contributed by atoms with van der Waals surface area (Å²) in [6.45, 7) is 7.99. The van der Waals surface area contributed by atoms with Gasteiger partial charge in [0.15, 0.2) is 0 Å². The molecule has 1 aromatic rings. The largest absolute Gasteiger partial charge is 0.487 e. The molecule has 1 aliphatic heterocycles. The fourth-order valence-corrected chi connectivity index (χ4v) is 5.36. The van der Waals surface area contributed by atoms with Crippen molar-refractivity contribution in [1.29, 1.82) is 0 Å². The molecule has 190 valence electrons. The van der Waals surface area contributed by atoms with Crippen molar-refractivity contribution in [2.75, 3.05) is 47.4 Å². The summed E-state index contributed by atoms with van der Waals surface area (Å²) in [5.74, 6) is 6.03. The second-order valence-electron chi connectivity index (χ2n) is 9.43. The standard InChI is InChI=1S/C24H38N4O5S/c1-17(2)25-24(30)27(7)15-22-18(3)14-28(19(4)16-29)34(31,32)23-11-10-20(13-21(23)33-22)9-8-12-26(5)6/h10-11,13,17-19,22,29H,12,14-16H2,1-7H3,(H,25,30)/t18-,19+,22+/m1/s1. The highest BCUT2D eigenvalue weighted by atomic mass is 32.2. The fraction of sp³-hybridized carbons (Fsp3) is 0.625. The number of urea groups is 1. The number of carbonyl (C=O) groups is 1. The van der Waals surface area contributed by atoms with Crippen LogP contribution < -0.4 is 10.1 Å². The number of sulfonamides is 1. The third-order valence-corrected chi connectivity index (χ3v) is 7.53. The number of aliphatic hydroxyl groups is 1. The number of amides is 2. The van der Waals surface area contributed by atoms with Crippen LogP contribution in [0.3, 0.4) is 0 Å². The van der Waals surface area contributed by atoms with Gasteiger partial charge in [0.1, 0.15) is 16.7 Å². The Morgan fingerprint density at radius 3 is 2.56 bits per heavy atom. The van der Waals surface area contributed by atoms with Crippen molar-refractivity contribution in [2.45, 2.75) is 50.8 Å². The molecule has 2 rings (SSSR count). The van der Waals surface area contributed by atoms with Crippen molar-refractivity contribution >= 4 is 16.1 Å². The number of fused-ring (bicyclic) bond motifs is 1. The Hall–Kier alpha value is -2.32. The third-order valence-electron chi connectivity index (χ3n) is 5.51.